The van der Waals surface area contributed by atoms with E-state index in [1.165, 1.54) is 17.8 Å². The standard InChI is InChI=1S/C22H17ClFN3O2S2/c23-19-12-7-13-20(24)18(19)14-30-22-26-25-21(27(22)16-8-3-1-4-9-16)15-31(28,29)17-10-5-2-6-11-17/h1-13H,14-15H2. The number of rotatable bonds is 7. The molecule has 0 saturated carbocycles. The van der Waals surface area contributed by atoms with Gasteiger partial charge in [-0.2, -0.15) is 0 Å². The van der Waals surface area contributed by atoms with Gasteiger partial charge in [-0.15, -0.1) is 10.2 Å². The quantitative estimate of drug-likeness (QED) is 0.339. The summed E-state index contributed by atoms with van der Waals surface area (Å²) in [6.07, 6.45) is 0. The second kappa shape index (κ2) is 9.21. The van der Waals surface area contributed by atoms with Crippen molar-refractivity contribution in [3.63, 3.8) is 0 Å². The van der Waals surface area contributed by atoms with Crippen LogP contribution >= 0.6 is 23.4 Å². The van der Waals surface area contributed by atoms with E-state index in [0.717, 1.165) is 0 Å². The van der Waals surface area contributed by atoms with E-state index in [1.54, 1.807) is 47.0 Å². The van der Waals surface area contributed by atoms with Crippen LogP contribution in [0.1, 0.15) is 11.4 Å². The van der Waals surface area contributed by atoms with Crippen molar-refractivity contribution in [2.24, 2.45) is 0 Å². The van der Waals surface area contributed by atoms with E-state index in [-0.39, 0.29) is 22.2 Å². The van der Waals surface area contributed by atoms with E-state index in [9.17, 15) is 12.8 Å². The molecule has 0 amide bonds. The molecule has 0 bridgehead atoms. The molecule has 1 heterocycles. The molecule has 0 N–H and O–H groups in total. The Kier molecular flexibility index (Phi) is 6.41. The van der Waals surface area contributed by atoms with Gasteiger partial charge in [0.2, 0.25) is 0 Å². The monoisotopic (exact) mass is 473 g/mol. The van der Waals surface area contributed by atoms with Crippen molar-refractivity contribution < 1.29 is 12.8 Å². The minimum absolute atomic E-state index is 0.213. The highest BCUT2D eigenvalue weighted by Crippen LogP contribution is 2.30. The summed E-state index contributed by atoms with van der Waals surface area (Å²) in [5, 5.41) is 9.11. The van der Waals surface area contributed by atoms with Crippen LogP contribution in [0.3, 0.4) is 0 Å². The predicted molar refractivity (Wildman–Crippen MR) is 120 cm³/mol. The summed E-state index contributed by atoms with van der Waals surface area (Å²) in [6.45, 7) is 0. The number of benzene rings is 3. The molecule has 0 radical (unpaired) electrons. The Balaban J connectivity index is 1.70. The van der Waals surface area contributed by atoms with Crippen LogP contribution in [0.15, 0.2) is 88.9 Å². The smallest absolute Gasteiger partial charge is 0.196 e. The van der Waals surface area contributed by atoms with Crippen molar-refractivity contribution in [2.75, 3.05) is 0 Å². The molecule has 3 aromatic carbocycles. The average Bonchev–Trinajstić information content (AvgIpc) is 3.16. The molecule has 0 spiro atoms. The molecule has 5 nitrogen and oxygen atoms in total. The van der Waals surface area contributed by atoms with Crippen LogP contribution in [-0.4, -0.2) is 23.2 Å². The van der Waals surface area contributed by atoms with E-state index in [1.807, 2.05) is 30.3 Å². The number of nitrogens with zero attached hydrogens (tertiary/aromatic N) is 3. The fraction of sp³-hybridized carbons (Fsp3) is 0.0909. The molecule has 31 heavy (non-hydrogen) atoms. The molecule has 0 atom stereocenters. The number of halogens is 2. The molecular weight excluding hydrogens is 457 g/mol. The van der Waals surface area contributed by atoms with Gasteiger partial charge in [-0.25, -0.2) is 12.8 Å². The highest BCUT2D eigenvalue weighted by atomic mass is 35.5. The maximum absolute atomic E-state index is 14.2. The molecule has 0 fully saturated rings. The fourth-order valence-electron chi connectivity index (χ4n) is 3.01. The van der Waals surface area contributed by atoms with Crippen molar-refractivity contribution in [1.82, 2.24) is 14.8 Å². The third kappa shape index (κ3) is 4.81. The third-order valence-electron chi connectivity index (χ3n) is 4.54. The van der Waals surface area contributed by atoms with Gasteiger partial charge in [-0.3, -0.25) is 4.57 Å². The largest absolute Gasteiger partial charge is 0.273 e. The summed E-state index contributed by atoms with van der Waals surface area (Å²) in [5.74, 6) is -0.225. The third-order valence-corrected chi connectivity index (χ3v) is 7.48. The second-order valence-electron chi connectivity index (χ2n) is 6.63. The zero-order chi connectivity index (χ0) is 21.8. The molecule has 4 aromatic rings. The minimum Gasteiger partial charge on any atom is -0.273 e. The van der Waals surface area contributed by atoms with Gasteiger partial charge in [-0.1, -0.05) is 65.8 Å². The van der Waals surface area contributed by atoms with Crippen molar-refractivity contribution in [1.29, 1.82) is 0 Å². The van der Waals surface area contributed by atoms with Crippen molar-refractivity contribution >= 4 is 33.2 Å². The van der Waals surface area contributed by atoms with Gasteiger partial charge >= 0.3 is 0 Å². The zero-order valence-electron chi connectivity index (χ0n) is 16.2. The van der Waals surface area contributed by atoms with Crippen LogP contribution < -0.4 is 0 Å². The lowest BCUT2D eigenvalue weighted by molar-refractivity contribution is 0.593. The first kappa shape index (κ1) is 21.5. The normalized spacial score (nSPS) is 11.5. The van der Waals surface area contributed by atoms with Crippen molar-refractivity contribution in [3.8, 4) is 5.69 Å². The zero-order valence-corrected chi connectivity index (χ0v) is 18.5. The first-order chi connectivity index (χ1) is 15.0. The number of sulfone groups is 1. The topological polar surface area (TPSA) is 64.8 Å². The fourth-order valence-corrected chi connectivity index (χ4v) is 5.59. The molecule has 0 saturated heterocycles. The van der Waals surface area contributed by atoms with Gasteiger partial charge in [0.25, 0.3) is 0 Å². The highest BCUT2D eigenvalue weighted by Gasteiger charge is 2.23. The lowest BCUT2D eigenvalue weighted by Gasteiger charge is -2.11. The Hall–Kier alpha value is -2.68. The molecule has 4 rings (SSSR count). The van der Waals surface area contributed by atoms with Gasteiger partial charge in [-0.05, 0) is 36.4 Å². The molecule has 158 valence electrons. The minimum atomic E-state index is -3.62. The highest BCUT2D eigenvalue weighted by molar-refractivity contribution is 7.98. The average molecular weight is 474 g/mol. The molecule has 0 aliphatic carbocycles. The second-order valence-corrected chi connectivity index (χ2v) is 9.97. The van der Waals surface area contributed by atoms with Gasteiger partial charge in [0, 0.05) is 22.0 Å². The molecule has 0 aliphatic heterocycles. The molecule has 0 unspecified atom stereocenters. The van der Waals surface area contributed by atoms with Crippen LogP contribution in [-0.2, 0) is 21.3 Å². The van der Waals surface area contributed by atoms with Crippen molar-refractivity contribution in [2.45, 2.75) is 21.6 Å². The number of hydrogen-bond donors (Lipinski definition) is 0. The lowest BCUT2D eigenvalue weighted by Crippen LogP contribution is -2.11. The van der Waals surface area contributed by atoms with E-state index in [0.29, 0.717) is 21.4 Å². The van der Waals surface area contributed by atoms with Crippen LogP contribution in [0.25, 0.3) is 5.69 Å². The van der Waals surface area contributed by atoms with Crippen molar-refractivity contribution in [3.05, 3.63) is 101 Å². The van der Waals surface area contributed by atoms with Gasteiger partial charge in [0.1, 0.15) is 11.6 Å². The Bertz CT molecular complexity index is 1280. The number of aromatic nitrogens is 3. The first-order valence-corrected chi connectivity index (χ1v) is 12.3. The molecule has 0 aliphatic rings. The van der Waals surface area contributed by atoms with Crippen LogP contribution in [0.4, 0.5) is 4.39 Å². The number of para-hydroxylation sites is 1. The molecule has 1 aromatic heterocycles. The summed E-state index contributed by atoms with van der Waals surface area (Å²) in [5.41, 5.74) is 1.07. The number of hydrogen-bond acceptors (Lipinski definition) is 5. The molecular formula is C22H17ClFN3O2S2. The van der Waals surface area contributed by atoms with Crippen LogP contribution in [0.2, 0.25) is 5.02 Å². The van der Waals surface area contributed by atoms with E-state index in [4.69, 9.17) is 11.6 Å². The maximum atomic E-state index is 14.2. The Labute approximate surface area is 188 Å². The lowest BCUT2D eigenvalue weighted by atomic mass is 10.2. The Morgan fingerprint density at radius 1 is 0.903 bits per heavy atom. The van der Waals surface area contributed by atoms with Crippen LogP contribution in [0.5, 0.6) is 0 Å². The van der Waals surface area contributed by atoms with Gasteiger partial charge in [0.05, 0.1) is 4.90 Å². The van der Waals surface area contributed by atoms with Gasteiger partial charge in [0.15, 0.2) is 20.8 Å². The maximum Gasteiger partial charge on any atom is 0.196 e. The summed E-state index contributed by atoms with van der Waals surface area (Å²) < 4.78 is 41.7. The van der Waals surface area contributed by atoms with Crippen LogP contribution in [0, 0.1) is 5.82 Å². The summed E-state index contributed by atoms with van der Waals surface area (Å²) in [7, 11) is -3.62. The summed E-state index contributed by atoms with van der Waals surface area (Å²) in [4.78, 5) is 0.213. The number of thioether (sulfide) groups is 1. The molecule has 9 heteroatoms. The summed E-state index contributed by atoms with van der Waals surface area (Å²) in [6, 6.07) is 21.9. The first-order valence-electron chi connectivity index (χ1n) is 9.29. The van der Waals surface area contributed by atoms with E-state index < -0.39 is 15.7 Å². The summed E-state index contributed by atoms with van der Waals surface area (Å²) >= 11 is 7.37. The predicted octanol–water partition coefficient (Wildman–Crippen LogP) is 5.33. The SMILES string of the molecule is O=S(=O)(Cc1nnc(SCc2c(F)cccc2Cl)n1-c1ccccc1)c1ccccc1. The Morgan fingerprint density at radius 3 is 2.26 bits per heavy atom. The Morgan fingerprint density at radius 2 is 1.58 bits per heavy atom. The van der Waals surface area contributed by atoms with Gasteiger partial charge < -0.3 is 0 Å². The van der Waals surface area contributed by atoms with E-state index >= 15 is 0 Å². The van der Waals surface area contributed by atoms with E-state index in [2.05, 4.69) is 10.2 Å².